The second kappa shape index (κ2) is 13.1. The molecular weight excluding hydrogens is 540 g/mol. The number of aromatic nitrogens is 2. The lowest BCUT2D eigenvalue weighted by molar-refractivity contribution is 0.324. The van der Waals surface area contributed by atoms with Crippen LogP contribution in [0, 0.1) is 6.92 Å². The monoisotopic (exact) mass is 574 g/mol. The van der Waals surface area contributed by atoms with Gasteiger partial charge in [0.2, 0.25) is 5.75 Å². The fraction of sp³-hybridized carbons (Fsp3) is 0.167. The molecule has 2 aromatic heterocycles. The number of methoxy groups -OCH3 is 5. The van der Waals surface area contributed by atoms with E-state index in [2.05, 4.69) is 36.4 Å². The summed E-state index contributed by atoms with van der Waals surface area (Å²) in [4.78, 5) is 9.80. The van der Waals surface area contributed by atoms with Crippen molar-refractivity contribution in [1.29, 1.82) is 0 Å². The Hall–Kier alpha value is -5.30. The Balaban J connectivity index is 1.60. The van der Waals surface area contributed by atoms with Crippen LogP contribution in [0.2, 0.25) is 0 Å². The van der Waals surface area contributed by atoms with Gasteiger partial charge in [-0.3, -0.25) is 9.97 Å². The molecule has 0 spiro atoms. The summed E-state index contributed by atoms with van der Waals surface area (Å²) in [5.74, 6) is 3.02. The van der Waals surface area contributed by atoms with Crippen molar-refractivity contribution >= 4 is 12.2 Å². The first-order valence-corrected chi connectivity index (χ1v) is 13.7. The predicted octanol–water partition coefficient (Wildman–Crippen LogP) is 8.00. The Morgan fingerprint density at radius 2 is 1.14 bits per heavy atom. The van der Waals surface area contributed by atoms with Crippen molar-refractivity contribution in [1.82, 2.24) is 9.97 Å². The van der Waals surface area contributed by atoms with Gasteiger partial charge in [0.05, 0.1) is 46.9 Å². The summed E-state index contributed by atoms with van der Waals surface area (Å²) in [7, 11) is 8.06. The Labute approximate surface area is 252 Å². The summed E-state index contributed by atoms with van der Waals surface area (Å²) in [6, 6.07) is 24.0. The number of pyridine rings is 2. The number of hydrogen-bond donors (Lipinski definition) is 0. The fourth-order valence-corrected chi connectivity index (χ4v) is 5.00. The summed E-state index contributed by atoms with van der Waals surface area (Å²) in [5, 5.41) is 0. The van der Waals surface area contributed by atoms with E-state index in [0.29, 0.717) is 28.7 Å². The molecule has 0 amide bonds. The van der Waals surface area contributed by atoms with E-state index in [1.807, 2.05) is 67.8 Å². The van der Waals surface area contributed by atoms with Gasteiger partial charge in [0.15, 0.2) is 23.0 Å². The lowest BCUT2D eigenvalue weighted by Crippen LogP contribution is -1.97. The molecule has 3 aromatic carbocycles. The lowest BCUT2D eigenvalue weighted by atomic mass is 9.98. The average molecular weight is 575 g/mol. The molecule has 0 aliphatic heterocycles. The van der Waals surface area contributed by atoms with Gasteiger partial charge in [-0.05, 0) is 66.1 Å². The van der Waals surface area contributed by atoms with Crippen molar-refractivity contribution in [3.63, 3.8) is 0 Å². The molecule has 43 heavy (non-hydrogen) atoms. The molecular formula is C36H34N2O5. The zero-order valence-corrected chi connectivity index (χ0v) is 25.2. The van der Waals surface area contributed by atoms with Crippen molar-refractivity contribution in [2.75, 3.05) is 35.5 Å². The van der Waals surface area contributed by atoms with Crippen LogP contribution in [0.25, 0.3) is 45.8 Å². The number of hydrogen-bond acceptors (Lipinski definition) is 7. The molecule has 0 N–H and O–H groups in total. The van der Waals surface area contributed by atoms with Gasteiger partial charge in [-0.25, -0.2) is 0 Å². The van der Waals surface area contributed by atoms with E-state index in [4.69, 9.17) is 33.7 Å². The number of ether oxygens (including phenoxy) is 5. The SMILES string of the molecule is COc1ccc(-c2ncc(-c3ncc(-c4cc(OC)c(OC)c(OC)c4)cc3/C=C/c3ccccc3)cc2C)cc1OC. The van der Waals surface area contributed by atoms with Gasteiger partial charge in [-0.1, -0.05) is 42.5 Å². The molecule has 0 saturated carbocycles. The smallest absolute Gasteiger partial charge is 0.203 e. The van der Waals surface area contributed by atoms with Gasteiger partial charge < -0.3 is 23.7 Å². The van der Waals surface area contributed by atoms with Gasteiger partial charge in [0.25, 0.3) is 0 Å². The molecule has 2 heterocycles. The third kappa shape index (κ3) is 6.16. The summed E-state index contributed by atoms with van der Waals surface area (Å²) in [6.45, 7) is 2.05. The Morgan fingerprint density at radius 3 is 1.77 bits per heavy atom. The minimum absolute atomic E-state index is 0.540. The summed E-state index contributed by atoms with van der Waals surface area (Å²) in [5.41, 5.74) is 8.36. The molecule has 218 valence electrons. The van der Waals surface area contributed by atoms with Crippen LogP contribution in [0.3, 0.4) is 0 Å². The highest BCUT2D eigenvalue weighted by Crippen LogP contribution is 2.42. The van der Waals surface area contributed by atoms with E-state index in [1.165, 1.54) is 0 Å². The molecule has 0 aliphatic rings. The third-order valence-electron chi connectivity index (χ3n) is 7.18. The molecule has 7 heteroatoms. The summed E-state index contributed by atoms with van der Waals surface area (Å²) < 4.78 is 27.6. The summed E-state index contributed by atoms with van der Waals surface area (Å²) in [6.07, 6.45) is 7.88. The van der Waals surface area contributed by atoms with Gasteiger partial charge >= 0.3 is 0 Å². The largest absolute Gasteiger partial charge is 0.493 e. The van der Waals surface area contributed by atoms with Crippen molar-refractivity contribution in [2.45, 2.75) is 6.92 Å². The molecule has 7 nitrogen and oxygen atoms in total. The number of aryl methyl sites for hydroxylation is 1. The normalized spacial score (nSPS) is 10.9. The van der Waals surface area contributed by atoms with Crippen LogP contribution in [0.1, 0.15) is 16.7 Å². The fourth-order valence-electron chi connectivity index (χ4n) is 5.00. The third-order valence-corrected chi connectivity index (χ3v) is 7.18. The summed E-state index contributed by atoms with van der Waals surface area (Å²) >= 11 is 0. The first-order chi connectivity index (χ1) is 21.0. The zero-order chi connectivity index (χ0) is 30.3. The second-order valence-electron chi connectivity index (χ2n) is 9.78. The van der Waals surface area contributed by atoms with E-state index in [1.54, 1.807) is 35.5 Å². The quantitative estimate of drug-likeness (QED) is 0.167. The molecule has 0 saturated heterocycles. The molecule has 0 atom stereocenters. The highest BCUT2D eigenvalue weighted by atomic mass is 16.5. The predicted molar refractivity (Wildman–Crippen MR) is 171 cm³/mol. The van der Waals surface area contributed by atoms with Crippen LogP contribution in [0.4, 0.5) is 0 Å². The van der Waals surface area contributed by atoms with Crippen LogP contribution >= 0.6 is 0 Å². The number of nitrogens with zero attached hydrogens (tertiary/aromatic N) is 2. The first-order valence-electron chi connectivity index (χ1n) is 13.7. The number of rotatable bonds is 10. The maximum Gasteiger partial charge on any atom is 0.203 e. The molecule has 0 bridgehead atoms. The van der Waals surface area contributed by atoms with Crippen molar-refractivity contribution in [3.05, 3.63) is 102 Å². The van der Waals surface area contributed by atoms with Gasteiger partial charge in [0.1, 0.15) is 0 Å². The first kappa shape index (κ1) is 29.2. The highest BCUT2D eigenvalue weighted by molar-refractivity contribution is 5.83. The highest BCUT2D eigenvalue weighted by Gasteiger charge is 2.17. The minimum Gasteiger partial charge on any atom is -0.493 e. The van der Waals surface area contributed by atoms with Crippen LogP contribution in [-0.2, 0) is 0 Å². The van der Waals surface area contributed by atoms with E-state index in [-0.39, 0.29) is 0 Å². The standard InChI is InChI=1S/C36H34N2O5/c1-23-16-29(22-37-34(23)26-14-15-30(39-2)31(18-26)40-3)35-25(13-12-24-10-8-7-9-11-24)17-28(21-38-35)27-19-32(41-4)36(43-6)33(20-27)42-5/h7-22H,1-6H3/b13-12+. The molecule has 0 radical (unpaired) electrons. The topological polar surface area (TPSA) is 71.9 Å². The van der Waals surface area contributed by atoms with E-state index >= 15 is 0 Å². The second-order valence-corrected chi connectivity index (χ2v) is 9.78. The van der Waals surface area contributed by atoms with Crippen LogP contribution < -0.4 is 23.7 Å². The maximum absolute atomic E-state index is 5.60. The molecule has 0 aliphatic carbocycles. The van der Waals surface area contributed by atoms with Gasteiger partial charge in [-0.15, -0.1) is 0 Å². The molecule has 0 fully saturated rings. The van der Waals surface area contributed by atoms with Crippen molar-refractivity contribution < 1.29 is 23.7 Å². The van der Waals surface area contributed by atoms with Crippen LogP contribution in [0.5, 0.6) is 28.7 Å². The van der Waals surface area contributed by atoms with Crippen LogP contribution in [-0.4, -0.2) is 45.5 Å². The van der Waals surface area contributed by atoms with Crippen LogP contribution in [0.15, 0.2) is 85.2 Å². The zero-order valence-electron chi connectivity index (χ0n) is 25.2. The Bertz CT molecular complexity index is 1740. The van der Waals surface area contributed by atoms with Gasteiger partial charge in [-0.2, -0.15) is 0 Å². The molecule has 5 rings (SSSR count). The van der Waals surface area contributed by atoms with Gasteiger partial charge in [0, 0.05) is 34.6 Å². The van der Waals surface area contributed by atoms with E-state index in [0.717, 1.165) is 50.3 Å². The Kier molecular flexibility index (Phi) is 8.91. The Morgan fingerprint density at radius 1 is 0.512 bits per heavy atom. The molecule has 0 unspecified atom stereocenters. The van der Waals surface area contributed by atoms with E-state index < -0.39 is 0 Å². The van der Waals surface area contributed by atoms with Crippen molar-refractivity contribution in [3.8, 4) is 62.4 Å². The van der Waals surface area contributed by atoms with Crippen molar-refractivity contribution in [2.24, 2.45) is 0 Å². The lowest BCUT2D eigenvalue weighted by Gasteiger charge is -2.15. The van der Waals surface area contributed by atoms with E-state index in [9.17, 15) is 0 Å². The molecule has 5 aromatic rings. The average Bonchev–Trinajstić information content (AvgIpc) is 3.06. The number of benzene rings is 3. The maximum atomic E-state index is 5.60. The minimum atomic E-state index is 0.540.